The number of carbonyl (C=O) groups is 4. The molecule has 1 heterocycles. The van der Waals surface area contributed by atoms with E-state index < -0.39 is 70.9 Å². The van der Waals surface area contributed by atoms with Crippen LogP contribution >= 0.6 is 0 Å². The molecule has 0 aromatic heterocycles. The molecule has 42 heavy (non-hydrogen) atoms. The highest BCUT2D eigenvalue weighted by molar-refractivity contribution is 5.69. The summed E-state index contributed by atoms with van der Waals surface area (Å²) < 4.78 is 27.7. The molecule has 1 radical (unpaired) electrons. The van der Waals surface area contributed by atoms with Crippen molar-refractivity contribution >= 4 is 35.3 Å². The van der Waals surface area contributed by atoms with Crippen molar-refractivity contribution in [3.8, 4) is 0 Å². The lowest BCUT2D eigenvalue weighted by Gasteiger charge is -2.45. The minimum Gasteiger partial charge on any atom is -0.463 e. The Hall–Kier alpha value is -4.92. The number of hydrogen-bond donors (Lipinski definition) is 0. The van der Waals surface area contributed by atoms with Gasteiger partial charge in [0.25, 0.3) is 11.4 Å². The second-order valence-electron chi connectivity index (χ2n) is 9.18. The second kappa shape index (κ2) is 13.6. The molecule has 0 bridgehead atoms. The van der Waals surface area contributed by atoms with Crippen LogP contribution in [0, 0.1) is 26.6 Å². The van der Waals surface area contributed by atoms with E-state index >= 15 is 0 Å². The first kappa shape index (κ1) is 31.6. The summed E-state index contributed by atoms with van der Waals surface area (Å²) in [6, 6.07) is 9.08. The van der Waals surface area contributed by atoms with Gasteiger partial charge in [-0.25, -0.2) is 0 Å². The van der Waals surface area contributed by atoms with Crippen molar-refractivity contribution in [2.45, 2.75) is 58.2 Å². The van der Waals surface area contributed by atoms with E-state index in [0.717, 1.165) is 27.7 Å². The minimum absolute atomic E-state index is 0.175. The summed E-state index contributed by atoms with van der Waals surface area (Å²) in [6.07, 6.45) is -5.31. The van der Waals surface area contributed by atoms with Crippen LogP contribution in [-0.2, 0) is 42.9 Å². The number of ether oxygens (including phenoxy) is 5. The Balaban J connectivity index is 2.18. The number of non-ortho nitro benzene ring substituents is 2. The monoisotopic (exact) mass is 587 g/mol. The van der Waals surface area contributed by atoms with E-state index in [2.05, 4.69) is 0 Å². The van der Waals surface area contributed by atoms with Gasteiger partial charge in [-0.2, -0.15) is 0 Å². The summed E-state index contributed by atoms with van der Waals surface area (Å²) >= 11 is 0. The third-order valence-electron chi connectivity index (χ3n) is 6.00. The maximum absolute atomic E-state index is 12.2. The average molecular weight is 588 g/mol. The Morgan fingerprint density at radius 1 is 0.762 bits per heavy atom. The Bertz CT molecular complexity index is 1370. The lowest BCUT2D eigenvalue weighted by atomic mass is 9.87. The number of hydrogen-bond acceptors (Lipinski definition) is 13. The molecule has 5 atom stereocenters. The van der Waals surface area contributed by atoms with Gasteiger partial charge >= 0.3 is 23.9 Å². The molecule has 0 saturated carbocycles. The molecule has 1 saturated heterocycles. The van der Waals surface area contributed by atoms with Crippen LogP contribution in [0.5, 0.6) is 0 Å². The van der Waals surface area contributed by atoms with E-state index in [1.165, 1.54) is 48.9 Å². The lowest BCUT2D eigenvalue weighted by Crippen LogP contribution is -2.59. The fourth-order valence-corrected chi connectivity index (χ4v) is 4.41. The molecule has 0 unspecified atom stereocenters. The van der Waals surface area contributed by atoms with Crippen LogP contribution in [-0.4, -0.2) is 64.7 Å². The Morgan fingerprint density at radius 2 is 1.29 bits per heavy atom. The predicted molar refractivity (Wildman–Crippen MR) is 140 cm³/mol. The molecule has 0 spiro atoms. The second-order valence-corrected chi connectivity index (χ2v) is 9.18. The van der Waals surface area contributed by atoms with Crippen LogP contribution in [0.2, 0.25) is 0 Å². The van der Waals surface area contributed by atoms with Crippen molar-refractivity contribution in [3.05, 3.63) is 85.8 Å². The van der Waals surface area contributed by atoms with Crippen molar-refractivity contribution in [2.75, 3.05) is 6.61 Å². The van der Waals surface area contributed by atoms with Crippen molar-refractivity contribution in [2.24, 2.45) is 0 Å². The van der Waals surface area contributed by atoms with Gasteiger partial charge in [-0.1, -0.05) is 12.1 Å². The fourth-order valence-electron chi connectivity index (χ4n) is 4.41. The molecule has 0 amide bonds. The Kier molecular flexibility index (Phi) is 10.3. The summed E-state index contributed by atoms with van der Waals surface area (Å²) in [5.41, 5.74) is 0.354. The van der Waals surface area contributed by atoms with Gasteiger partial charge < -0.3 is 23.7 Å². The first-order chi connectivity index (χ1) is 19.8. The van der Waals surface area contributed by atoms with Crippen molar-refractivity contribution in [1.82, 2.24) is 0 Å². The highest BCUT2D eigenvalue weighted by atomic mass is 16.7. The summed E-state index contributed by atoms with van der Waals surface area (Å²) in [7, 11) is 0. The molecule has 2 aromatic rings. The maximum atomic E-state index is 12.2. The number of nitro groups is 2. The van der Waals surface area contributed by atoms with E-state index in [0.29, 0.717) is 5.56 Å². The third kappa shape index (κ3) is 8.06. The summed E-state index contributed by atoms with van der Waals surface area (Å²) in [4.78, 5) is 69.4. The topological polar surface area (TPSA) is 201 Å². The van der Waals surface area contributed by atoms with E-state index in [-0.39, 0.29) is 22.5 Å². The van der Waals surface area contributed by atoms with Crippen molar-refractivity contribution in [3.63, 3.8) is 0 Å². The number of benzene rings is 2. The zero-order chi connectivity index (χ0) is 31.1. The van der Waals surface area contributed by atoms with Crippen LogP contribution in [0.25, 0.3) is 0 Å². The molecule has 15 heteroatoms. The number of nitro benzene ring substituents is 2. The highest BCUT2D eigenvalue weighted by Crippen LogP contribution is 2.40. The number of esters is 4. The van der Waals surface area contributed by atoms with E-state index in [1.54, 1.807) is 0 Å². The largest absolute Gasteiger partial charge is 0.463 e. The fraction of sp³-hybridized carbons (Fsp3) is 0.370. The molecule has 0 N–H and O–H groups in total. The first-order valence-corrected chi connectivity index (χ1v) is 12.4. The Labute approximate surface area is 238 Å². The van der Waals surface area contributed by atoms with Gasteiger partial charge in [0.15, 0.2) is 18.3 Å². The molecule has 1 fully saturated rings. The third-order valence-corrected chi connectivity index (χ3v) is 6.00. The Morgan fingerprint density at radius 3 is 1.81 bits per heavy atom. The predicted octanol–water partition coefficient (Wildman–Crippen LogP) is 2.90. The normalized spacial score (nSPS) is 21.5. The van der Waals surface area contributed by atoms with Crippen LogP contribution in [0.15, 0.2) is 42.5 Å². The van der Waals surface area contributed by atoms with Gasteiger partial charge in [0.05, 0.1) is 9.85 Å². The van der Waals surface area contributed by atoms with Crippen molar-refractivity contribution in [1.29, 1.82) is 0 Å². The standard InChI is InChI=1S/C27H27N2O13/c1-14(30)38-13-23-25(39-15(2)31)27(41-17(4)33)26(40-16(3)32)24(42-23)22-10-9-21(29(36)37)12-19(22)11-18-5-7-20(8-6-18)28(34)35/h5-12,23-27H,13H2,1-4H3/t23-,24-,25+,26+,27+/m1/s1. The maximum Gasteiger partial charge on any atom is 0.303 e. The van der Waals surface area contributed by atoms with E-state index in [9.17, 15) is 39.4 Å². The lowest BCUT2D eigenvalue weighted by molar-refractivity contribution is -0.385. The quantitative estimate of drug-likeness (QED) is 0.170. The molecule has 1 aliphatic heterocycles. The van der Waals surface area contributed by atoms with Crippen LogP contribution in [0.1, 0.15) is 50.5 Å². The molecule has 1 aliphatic rings. The number of nitrogens with zero attached hydrogens (tertiary/aromatic N) is 2. The van der Waals surface area contributed by atoms with Gasteiger partial charge in [0, 0.05) is 58.4 Å². The minimum atomic E-state index is -1.45. The molecule has 3 rings (SSSR count). The summed E-state index contributed by atoms with van der Waals surface area (Å²) in [5.74, 6) is -3.11. The average Bonchev–Trinajstić information content (AvgIpc) is 2.89. The zero-order valence-electron chi connectivity index (χ0n) is 22.9. The van der Waals surface area contributed by atoms with E-state index in [1.807, 2.05) is 0 Å². The van der Waals surface area contributed by atoms with Gasteiger partial charge in [0.2, 0.25) is 0 Å². The zero-order valence-corrected chi connectivity index (χ0v) is 22.9. The SMILES string of the molecule is CC(=O)OC[C@H]1O[C@H](c2ccc([N+](=O)[O-])cc2[CH]c2ccc([N+](=O)[O-])cc2)[C@H](OC(C)=O)[C@@H](OC(C)=O)[C@H]1OC(C)=O. The van der Waals surface area contributed by atoms with Gasteiger partial charge in [-0.05, 0) is 22.8 Å². The summed E-state index contributed by atoms with van der Waals surface area (Å²) in [5, 5.41) is 22.7. The molecular formula is C27H27N2O13. The molecular weight excluding hydrogens is 560 g/mol. The van der Waals surface area contributed by atoms with Crippen LogP contribution in [0.4, 0.5) is 11.4 Å². The van der Waals surface area contributed by atoms with Crippen LogP contribution in [0.3, 0.4) is 0 Å². The van der Waals surface area contributed by atoms with E-state index in [4.69, 9.17) is 23.7 Å². The summed E-state index contributed by atoms with van der Waals surface area (Å²) in [6.45, 7) is 3.95. The van der Waals surface area contributed by atoms with Crippen LogP contribution < -0.4 is 0 Å². The number of carbonyl (C=O) groups excluding carboxylic acids is 4. The van der Waals surface area contributed by atoms with Crippen molar-refractivity contribution < 1.29 is 52.7 Å². The molecule has 0 aliphatic carbocycles. The van der Waals surface area contributed by atoms with Gasteiger partial charge in [-0.15, -0.1) is 0 Å². The molecule has 2 aromatic carbocycles. The highest BCUT2D eigenvalue weighted by Gasteiger charge is 2.53. The molecule has 15 nitrogen and oxygen atoms in total. The van der Waals surface area contributed by atoms with Gasteiger partial charge in [-0.3, -0.25) is 39.4 Å². The van der Waals surface area contributed by atoms with Gasteiger partial charge in [0.1, 0.15) is 18.8 Å². The first-order valence-electron chi connectivity index (χ1n) is 12.4. The molecule has 223 valence electrons. The smallest absolute Gasteiger partial charge is 0.303 e. The number of rotatable bonds is 10.